The van der Waals surface area contributed by atoms with Gasteiger partial charge in [0.15, 0.2) is 0 Å². The Morgan fingerprint density at radius 1 is 0.811 bits per heavy atom. The van der Waals surface area contributed by atoms with Gasteiger partial charge < -0.3 is 35.8 Å². The molecule has 0 radical (unpaired) electrons. The van der Waals surface area contributed by atoms with E-state index in [1.807, 2.05) is 6.07 Å². The van der Waals surface area contributed by atoms with Crippen LogP contribution < -0.4 is 21.3 Å². The summed E-state index contributed by atoms with van der Waals surface area (Å²) in [6.45, 7) is 7.02. The number of aromatic hydroxyl groups is 1. The molecule has 0 bridgehead atoms. The number of amides is 5. The Labute approximate surface area is 310 Å². The fraction of sp³-hybridized carbons (Fsp3) is 0.487. The number of rotatable bonds is 13. The zero-order valence-corrected chi connectivity index (χ0v) is 31.0. The van der Waals surface area contributed by atoms with Gasteiger partial charge in [-0.3, -0.25) is 24.1 Å². The molecule has 1 saturated heterocycles. The van der Waals surface area contributed by atoms with E-state index in [0.29, 0.717) is 49.1 Å². The number of carbonyl (C=O) groups excluding carboxylic acids is 6. The van der Waals surface area contributed by atoms with Crippen LogP contribution in [0.3, 0.4) is 0 Å². The third-order valence-corrected chi connectivity index (χ3v) is 9.03. The second kappa shape index (κ2) is 18.4. The second-order valence-corrected chi connectivity index (χ2v) is 14.4. The molecule has 286 valence electrons. The SMILES string of the molecule is COC(=O)C1=C(NC(=O)[C@@H](C)NC(=O)[C@@H](Cc2ccccc2)NC(=O)[C@@H](Cc2ccc(O)cc2)NC(=O)[C@@H]2CCCN2C(=O)OC(C)(C)C)CCCC1. The number of esters is 1. The van der Waals surface area contributed by atoms with Crippen LogP contribution in [0.2, 0.25) is 0 Å². The first-order chi connectivity index (χ1) is 25.1. The lowest BCUT2D eigenvalue weighted by atomic mass is 9.96. The number of ether oxygens (including phenoxy) is 2. The Hall–Kier alpha value is -5.40. The number of phenolic OH excluding ortho intramolecular Hbond substituents is 1. The molecule has 1 heterocycles. The van der Waals surface area contributed by atoms with Crippen molar-refractivity contribution in [3.63, 3.8) is 0 Å². The lowest BCUT2D eigenvalue weighted by Gasteiger charge is -2.29. The number of nitrogens with zero attached hydrogens (tertiary/aromatic N) is 1. The zero-order valence-electron chi connectivity index (χ0n) is 31.0. The number of hydrogen-bond donors (Lipinski definition) is 5. The van der Waals surface area contributed by atoms with Crippen LogP contribution in [0.4, 0.5) is 4.79 Å². The van der Waals surface area contributed by atoms with Crippen molar-refractivity contribution in [2.24, 2.45) is 0 Å². The molecule has 1 aliphatic carbocycles. The molecule has 4 rings (SSSR count). The molecule has 14 nitrogen and oxygen atoms in total. The quantitative estimate of drug-likeness (QED) is 0.193. The molecule has 0 unspecified atom stereocenters. The molecule has 53 heavy (non-hydrogen) atoms. The number of hydrogen-bond acceptors (Lipinski definition) is 9. The summed E-state index contributed by atoms with van der Waals surface area (Å²) in [4.78, 5) is 81.5. The highest BCUT2D eigenvalue weighted by molar-refractivity contribution is 5.96. The topological polar surface area (TPSA) is 192 Å². The summed E-state index contributed by atoms with van der Waals surface area (Å²) >= 11 is 0. The van der Waals surface area contributed by atoms with Crippen LogP contribution in [-0.4, -0.2) is 89.1 Å². The molecule has 2 aromatic rings. The van der Waals surface area contributed by atoms with E-state index in [4.69, 9.17) is 9.47 Å². The van der Waals surface area contributed by atoms with Crippen molar-refractivity contribution in [3.8, 4) is 5.75 Å². The zero-order chi connectivity index (χ0) is 38.7. The number of methoxy groups -OCH3 is 1. The number of nitrogens with one attached hydrogen (secondary N) is 4. The van der Waals surface area contributed by atoms with Gasteiger partial charge >= 0.3 is 12.1 Å². The Balaban J connectivity index is 1.54. The van der Waals surface area contributed by atoms with Gasteiger partial charge in [-0.05, 0) is 89.5 Å². The van der Waals surface area contributed by atoms with Crippen LogP contribution >= 0.6 is 0 Å². The van der Waals surface area contributed by atoms with Crippen molar-refractivity contribution in [2.45, 2.75) is 109 Å². The largest absolute Gasteiger partial charge is 0.508 e. The minimum atomic E-state index is -1.19. The molecule has 1 aliphatic heterocycles. The predicted molar refractivity (Wildman–Crippen MR) is 195 cm³/mol. The van der Waals surface area contributed by atoms with Crippen LogP contribution in [0, 0.1) is 0 Å². The van der Waals surface area contributed by atoms with Gasteiger partial charge in [0.05, 0.1) is 12.7 Å². The van der Waals surface area contributed by atoms with Crippen molar-refractivity contribution in [2.75, 3.05) is 13.7 Å². The van der Waals surface area contributed by atoms with E-state index in [2.05, 4.69) is 21.3 Å². The second-order valence-electron chi connectivity index (χ2n) is 14.4. The summed E-state index contributed by atoms with van der Waals surface area (Å²) in [5.41, 5.74) is 1.44. The first-order valence-corrected chi connectivity index (χ1v) is 18.0. The van der Waals surface area contributed by atoms with Gasteiger partial charge in [-0.1, -0.05) is 42.5 Å². The molecule has 2 aliphatic rings. The average Bonchev–Trinajstić information content (AvgIpc) is 3.62. The predicted octanol–water partition coefficient (Wildman–Crippen LogP) is 3.17. The summed E-state index contributed by atoms with van der Waals surface area (Å²) in [6.07, 6.45) is 2.90. The van der Waals surface area contributed by atoms with Crippen molar-refractivity contribution >= 4 is 35.7 Å². The Bertz CT molecular complexity index is 1670. The molecule has 0 aromatic heterocycles. The highest BCUT2D eigenvalue weighted by Gasteiger charge is 2.38. The lowest BCUT2D eigenvalue weighted by Crippen LogP contribution is -2.58. The summed E-state index contributed by atoms with van der Waals surface area (Å²) in [5, 5.41) is 20.9. The standard InChI is InChI=1S/C39H51N5O9/c1-24(33(46)41-29-15-10-9-14-28(29)37(50)52-5)40-34(47)30(22-25-12-7-6-8-13-25)42-35(48)31(23-26-17-19-27(45)20-18-26)43-36(49)32-16-11-21-44(32)38(51)53-39(2,3)4/h6-8,12-13,17-20,24,30-32,45H,9-11,14-16,21-23H2,1-5H3,(H,40,47)(H,41,46)(H,42,48)(H,43,49)/t24-,30-,31-,32+/m1/s1. The van der Waals surface area contributed by atoms with Crippen LogP contribution in [-0.2, 0) is 46.3 Å². The number of phenols is 1. The first kappa shape index (κ1) is 40.4. The van der Waals surface area contributed by atoms with Gasteiger partial charge in [-0.25, -0.2) is 9.59 Å². The van der Waals surface area contributed by atoms with Crippen LogP contribution in [0.25, 0.3) is 0 Å². The molecule has 14 heteroatoms. The fourth-order valence-corrected chi connectivity index (χ4v) is 6.28. The fourth-order valence-electron chi connectivity index (χ4n) is 6.28. The minimum Gasteiger partial charge on any atom is -0.508 e. The summed E-state index contributed by atoms with van der Waals surface area (Å²) in [6, 6.07) is 10.9. The Kier molecular flexibility index (Phi) is 14.0. The van der Waals surface area contributed by atoms with E-state index in [0.717, 1.165) is 18.4 Å². The number of carbonyl (C=O) groups is 6. The first-order valence-electron chi connectivity index (χ1n) is 18.0. The van der Waals surface area contributed by atoms with Gasteiger partial charge in [0.1, 0.15) is 35.5 Å². The Morgan fingerprint density at radius 2 is 1.42 bits per heavy atom. The van der Waals surface area contributed by atoms with Gasteiger partial charge in [0, 0.05) is 25.1 Å². The highest BCUT2D eigenvalue weighted by Crippen LogP contribution is 2.24. The lowest BCUT2D eigenvalue weighted by molar-refractivity contribution is -0.136. The van der Waals surface area contributed by atoms with Gasteiger partial charge in [-0.15, -0.1) is 0 Å². The molecular formula is C39H51N5O9. The normalized spacial score (nSPS) is 17.5. The van der Waals surface area contributed by atoms with Crippen molar-refractivity contribution in [1.82, 2.24) is 26.2 Å². The highest BCUT2D eigenvalue weighted by atomic mass is 16.6. The van der Waals surface area contributed by atoms with Crippen molar-refractivity contribution in [1.29, 1.82) is 0 Å². The van der Waals surface area contributed by atoms with E-state index >= 15 is 0 Å². The van der Waals surface area contributed by atoms with Gasteiger partial charge in [0.2, 0.25) is 23.6 Å². The van der Waals surface area contributed by atoms with Crippen LogP contribution in [0.1, 0.15) is 77.3 Å². The average molecular weight is 734 g/mol. The van der Waals surface area contributed by atoms with E-state index in [9.17, 15) is 33.9 Å². The van der Waals surface area contributed by atoms with Crippen molar-refractivity contribution < 1.29 is 43.3 Å². The monoisotopic (exact) mass is 733 g/mol. The molecule has 5 N–H and O–H groups in total. The molecule has 2 aromatic carbocycles. The van der Waals surface area contributed by atoms with Crippen LogP contribution in [0.5, 0.6) is 5.75 Å². The summed E-state index contributed by atoms with van der Waals surface area (Å²) in [7, 11) is 1.28. The maximum Gasteiger partial charge on any atom is 0.410 e. The smallest absolute Gasteiger partial charge is 0.410 e. The van der Waals surface area contributed by atoms with Gasteiger partial charge in [-0.2, -0.15) is 0 Å². The number of benzene rings is 2. The Morgan fingerprint density at radius 3 is 2.06 bits per heavy atom. The number of likely N-dealkylation sites (tertiary alicyclic amines) is 1. The van der Waals surface area contributed by atoms with Crippen molar-refractivity contribution in [3.05, 3.63) is 77.0 Å². The summed E-state index contributed by atoms with van der Waals surface area (Å²) in [5.74, 6) is -2.89. The molecule has 0 saturated carbocycles. The van der Waals surface area contributed by atoms with E-state index in [-0.39, 0.29) is 18.6 Å². The minimum absolute atomic E-state index is 0.00708. The number of allylic oxidation sites excluding steroid dienone is 1. The van der Waals surface area contributed by atoms with E-state index < -0.39 is 65.5 Å². The van der Waals surface area contributed by atoms with E-state index in [1.165, 1.54) is 31.1 Å². The maximum atomic E-state index is 14.1. The summed E-state index contributed by atoms with van der Waals surface area (Å²) < 4.78 is 10.4. The molecule has 0 spiro atoms. The van der Waals surface area contributed by atoms with E-state index in [1.54, 1.807) is 57.2 Å². The third-order valence-electron chi connectivity index (χ3n) is 9.03. The molecule has 5 amide bonds. The molecule has 4 atom stereocenters. The molecule has 1 fully saturated rings. The van der Waals surface area contributed by atoms with Crippen LogP contribution in [0.15, 0.2) is 65.9 Å². The maximum absolute atomic E-state index is 14.1. The molecular weight excluding hydrogens is 682 g/mol. The van der Waals surface area contributed by atoms with Gasteiger partial charge in [0.25, 0.3) is 0 Å². The third kappa shape index (κ3) is 11.8.